The summed E-state index contributed by atoms with van der Waals surface area (Å²) < 4.78 is 99.1. The van der Waals surface area contributed by atoms with E-state index in [2.05, 4.69) is 9.97 Å². The monoisotopic (exact) mass is 560 g/mol. The number of halogens is 7. The van der Waals surface area contributed by atoms with E-state index in [9.17, 15) is 35.5 Å². The number of hydrogen-bond acceptors (Lipinski definition) is 6. The van der Waals surface area contributed by atoms with Gasteiger partial charge >= 0.3 is 18.4 Å². The number of alkyl halides is 6. The predicted octanol–water partition coefficient (Wildman–Crippen LogP) is 6.71. The summed E-state index contributed by atoms with van der Waals surface area (Å²) in [6.45, 7) is 1.22. The SMILES string of the molecule is CSc1ncc(-c2ccc(F)c(N)c2)c(CN2C(=O)O[C@H](c3cc(C(F)(F)F)cc(C(F)(F)F)c3)[C@@H]2C)n1. The van der Waals surface area contributed by atoms with Crippen LogP contribution in [0.25, 0.3) is 11.1 Å². The van der Waals surface area contributed by atoms with E-state index in [1.165, 1.54) is 37.0 Å². The number of cyclic esters (lactones) is 1. The van der Waals surface area contributed by atoms with Crippen LogP contribution in [0.15, 0.2) is 47.8 Å². The topological polar surface area (TPSA) is 81.3 Å². The lowest BCUT2D eigenvalue weighted by molar-refractivity contribution is -0.143. The molecule has 4 rings (SSSR count). The lowest BCUT2D eigenvalue weighted by atomic mass is 9.97. The molecule has 6 nitrogen and oxygen atoms in total. The van der Waals surface area contributed by atoms with Crippen molar-refractivity contribution in [1.29, 1.82) is 0 Å². The van der Waals surface area contributed by atoms with Crippen molar-refractivity contribution in [2.45, 2.75) is 43.1 Å². The van der Waals surface area contributed by atoms with Crippen LogP contribution in [0.3, 0.4) is 0 Å². The van der Waals surface area contributed by atoms with Crippen molar-refractivity contribution >= 4 is 23.5 Å². The zero-order chi connectivity index (χ0) is 28.0. The fourth-order valence-electron chi connectivity index (χ4n) is 4.03. The summed E-state index contributed by atoms with van der Waals surface area (Å²) in [4.78, 5) is 22.5. The van der Waals surface area contributed by atoms with Crippen molar-refractivity contribution < 1.29 is 40.3 Å². The Kier molecular flexibility index (Phi) is 7.21. The molecule has 38 heavy (non-hydrogen) atoms. The smallest absolute Gasteiger partial charge is 0.416 e. The first-order valence-electron chi connectivity index (χ1n) is 10.9. The number of aromatic nitrogens is 2. The summed E-state index contributed by atoms with van der Waals surface area (Å²) in [6.07, 6.45) is -9.32. The highest BCUT2D eigenvalue weighted by atomic mass is 32.2. The van der Waals surface area contributed by atoms with Gasteiger partial charge < -0.3 is 10.5 Å². The Morgan fingerprint density at radius 3 is 2.24 bits per heavy atom. The van der Waals surface area contributed by atoms with Gasteiger partial charge in [0.25, 0.3) is 0 Å². The molecule has 202 valence electrons. The van der Waals surface area contributed by atoms with E-state index in [1.807, 2.05) is 0 Å². The van der Waals surface area contributed by atoms with E-state index in [0.717, 1.165) is 11.0 Å². The van der Waals surface area contributed by atoms with Crippen LogP contribution < -0.4 is 5.73 Å². The summed E-state index contributed by atoms with van der Waals surface area (Å²) >= 11 is 1.20. The summed E-state index contributed by atoms with van der Waals surface area (Å²) in [6, 6.07) is 4.05. The van der Waals surface area contributed by atoms with E-state index < -0.39 is 53.1 Å². The largest absolute Gasteiger partial charge is 0.439 e. The van der Waals surface area contributed by atoms with Crippen molar-refractivity contribution in [2.75, 3.05) is 12.0 Å². The quantitative estimate of drug-likeness (QED) is 0.162. The maximum atomic E-state index is 13.7. The second kappa shape index (κ2) is 9.97. The zero-order valence-electron chi connectivity index (χ0n) is 19.7. The lowest BCUT2D eigenvalue weighted by Crippen LogP contribution is -2.32. The number of rotatable bonds is 5. The predicted molar refractivity (Wildman–Crippen MR) is 124 cm³/mol. The van der Waals surface area contributed by atoms with Crippen molar-refractivity contribution in [1.82, 2.24) is 14.9 Å². The molecule has 14 heteroatoms. The van der Waals surface area contributed by atoms with Crippen LogP contribution >= 0.6 is 11.8 Å². The Morgan fingerprint density at radius 2 is 1.68 bits per heavy atom. The van der Waals surface area contributed by atoms with Gasteiger partial charge in [0.2, 0.25) is 0 Å². The number of amides is 1. The first kappa shape index (κ1) is 27.5. The molecule has 0 spiro atoms. The van der Waals surface area contributed by atoms with Gasteiger partial charge in [-0.1, -0.05) is 17.8 Å². The first-order chi connectivity index (χ1) is 17.7. The van der Waals surface area contributed by atoms with Crippen molar-refractivity contribution in [3.05, 3.63) is 70.8 Å². The fraction of sp³-hybridized carbons (Fsp3) is 0.292. The lowest BCUT2D eigenvalue weighted by Gasteiger charge is -2.23. The number of nitrogens with two attached hydrogens (primary N) is 1. The summed E-state index contributed by atoms with van der Waals surface area (Å²) in [7, 11) is 0. The van der Waals surface area contributed by atoms with Crippen LogP contribution in [-0.2, 0) is 23.6 Å². The Hall–Kier alpha value is -3.55. The van der Waals surface area contributed by atoms with Gasteiger partial charge in [0.15, 0.2) is 5.16 Å². The molecule has 2 heterocycles. The number of carbonyl (C=O) groups is 1. The highest BCUT2D eigenvalue weighted by Gasteiger charge is 2.43. The number of nitrogen functional groups attached to an aromatic ring is 1. The van der Waals surface area contributed by atoms with Crippen LogP contribution in [0, 0.1) is 5.82 Å². The summed E-state index contributed by atoms with van der Waals surface area (Å²) in [5.41, 5.74) is 3.19. The third-order valence-electron chi connectivity index (χ3n) is 5.99. The molecule has 2 N–H and O–H groups in total. The summed E-state index contributed by atoms with van der Waals surface area (Å²) in [5, 5.41) is 0.336. The number of ether oxygens (including phenoxy) is 1. The van der Waals surface area contributed by atoms with E-state index >= 15 is 0 Å². The molecule has 1 aliphatic rings. The third kappa shape index (κ3) is 5.49. The molecule has 1 fully saturated rings. The molecular formula is C24H19F7N4O2S. The van der Waals surface area contributed by atoms with Crippen LogP contribution in [0.5, 0.6) is 0 Å². The first-order valence-corrected chi connectivity index (χ1v) is 12.1. The average molecular weight is 560 g/mol. The average Bonchev–Trinajstić information content (AvgIpc) is 3.12. The van der Waals surface area contributed by atoms with Gasteiger partial charge in [0, 0.05) is 11.8 Å². The van der Waals surface area contributed by atoms with E-state index in [1.54, 1.807) is 6.26 Å². The Balaban J connectivity index is 1.71. The van der Waals surface area contributed by atoms with Gasteiger partial charge in [-0.25, -0.2) is 19.2 Å². The van der Waals surface area contributed by atoms with Crippen LogP contribution in [0.2, 0.25) is 0 Å². The minimum absolute atomic E-state index is 0.00815. The molecule has 1 aliphatic heterocycles. The number of hydrogen-bond donors (Lipinski definition) is 1. The normalized spacial score (nSPS) is 18.1. The highest BCUT2D eigenvalue weighted by molar-refractivity contribution is 7.98. The van der Waals surface area contributed by atoms with Gasteiger partial charge in [0.1, 0.15) is 11.9 Å². The van der Waals surface area contributed by atoms with Gasteiger partial charge in [-0.3, -0.25) is 4.90 Å². The second-order valence-electron chi connectivity index (χ2n) is 8.47. The van der Waals surface area contributed by atoms with Gasteiger partial charge in [-0.05, 0) is 54.6 Å². The maximum absolute atomic E-state index is 13.7. The van der Waals surface area contributed by atoms with Gasteiger partial charge in [0.05, 0.1) is 35.1 Å². The molecule has 0 aliphatic carbocycles. The van der Waals surface area contributed by atoms with Gasteiger partial charge in [-0.15, -0.1) is 0 Å². The Labute approximate surface area is 216 Å². The van der Waals surface area contributed by atoms with Crippen molar-refractivity contribution in [3.63, 3.8) is 0 Å². The second-order valence-corrected chi connectivity index (χ2v) is 9.24. The number of benzene rings is 2. The number of anilines is 1. The zero-order valence-corrected chi connectivity index (χ0v) is 20.5. The molecule has 1 saturated heterocycles. The van der Waals surface area contributed by atoms with E-state index in [-0.39, 0.29) is 18.3 Å². The number of carbonyl (C=O) groups excluding carboxylic acids is 1. The van der Waals surface area contributed by atoms with Crippen molar-refractivity contribution in [2.24, 2.45) is 0 Å². The van der Waals surface area contributed by atoms with E-state index in [0.29, 0.717) is 34.1 Å². The molecule has 1 aromatic heterocycles. The van der Waals surface area contributed by atoms with Crippen molar-refractivity contribution in [3.8, 4) is 11.1 Å². The molecule has 0 bridgehead atoms. The molecule has 0 saturated carbocycles. The molecular weight excluding hydrogens is 541 g/mol. The summed E-state index contributed by atoms with van der Waals surface area (Å²) in [5.74, 6) is -0.643. The molecule has 2 atom stereocenters. The fourth-order valence-corrected chi connectivity index (χ4v) is 4.39. The van der Waals surface area contributed by atoms with Crippen LogP contribution in [0.1, 0.15) is 35.4 Å². The van der Waals surface area contributed by atoms with E-state index in [4.69, 9.17) is 10.5 Å². The number of nitrogens with zero attached hydrogens (tertiary/aromatic N) is 3. The minimum atomic E-state index is -5.05. The highest BCUT2D eigenvalue weighted by Crippen LogP contribution is 2.41. The van der Waals surface area contributed by atoms with Crippen LogP contribution in [-0.4, -0.2) is 33.3 Å². The Morgan fingerprint density at radius 1 is 1.05 bits per heavy atom. The van der Waals surface area contributed by atoms with Gasteiger partial charge in [-0.2, -0.15) is 26.3 Å². The minimum Gasteiger partial charge on any atom is -0.439 e. The maximum Gasteiger partial charge on any atom is 0.416 e. The standard InChI is InChI=1S/C24H19F7N4O2S/c1-11-20(13-5-14(23(26,27)28)8-15(6-13)24(29,30)31)37-22(36)35(11)10-19-16(9-33-21(34-19)38-2)12-3-4-17(25)18(32)7-12/h3-9,11,20H,10,32H2,1-2H3/t11-,20-/m0/s1. The Bertz CT molecular complexity index is 1350. The molecule has 0 unspecified atom stereocenters. The van der Waals surface area contributed by atoms with Crippen LogP contribution in [0.4, 0.5) is 41.2 Å². The third-order valence-corrected chi connectivity index (χ3v) is 6.55. The molecule has 3 aromatic rings. The molecule has 1 amide bonds. The molecule has 2 aromatic carbocycles. The molecule has 0 radical (unpaired) electrons. The number of thioether (sulfide) groups is 1.